The fourth-order valence-electron chi connectivity index (χ4n) is 2.07. The highest BCUT2D eigenvalue weighted by Crippen LogP contribution is 2.28. The van der Waals surface area contributed by atoms with E-state index in [-0.39, 0.29) is 5.75 Å². The number of aromatic hydroxyl groups is 1. The first-order valence-corrected chi connectivity index (χ1v) is 9.32. The summed E-state index contributed by atoms with van der Waals surface area (Å²) in [5, 5.41) is 10.0. The lowest BCUT2D eigenvalue weighted by Gasteiger charge is -2.07. The molecule has 0 saturated carbocycles. The summed E-state index contributed by atoms with van der Waals surface area (Å²) in [6.45, 7) is 0. The Morgan fingerprint density at radius 1 is 0.696 bits per heavy atom. The van der Waals surface area contributed by atoms with E-state index in [9.17, 15) is 5.11 Å². The van der Waals surface area contributed by atoms with Crippen LogP contribution in [0.3, 0.4) is 0 Å². The summed E-state index contributed by atoms with van der Waals surface area (Å²) in [6.07, 6.45) is 0. The minimum absolute atomic E-state index is 0.266. The number of thioether (sulfide) groups is 2. The van der Waals surface area contributed by atoms with Crippen LogP contribution in [-0.4, -0.2) is 10.1 Å². The van der Waals surface area contributed by atoms with Crippen molar-refractivity contribution in [3.63, 3.8) is 0 Å². The van der Waals surface area contributed by atoms with Crippen LogP contribution in [0.15, 0.2) is 82.6 Å². The number of aromatic nitrogens is 1. The summed E-state index contributed by atoms with van der Waals surface area (Å²) >= 11 is 3.43. The monoisotopic (exact) mass is 339 g/mol. The highest BCUT2D eigenvalue weighted by atomic mass is 32.2. The Bertz CT molecular complexity index is 748. The maximum atomic E-state index is 10.0. The molecule has 23 heavy (non-hydrogen) atoms. The van der Waals surface area contributed by atoms with Gasteiger partial charge in [0.25, 0.3) is 0 Å². The van der Waals surface area contributed by atoms with Crippen molar-refractivity contribution in [2.24, 2.45) is 0 Å². The van der Waals surface area contributed by atoms with Crippen molar-refractivity contribution >= 4 is 23.5 Å². The summed E-state index contributed by atoms with van der Waals surface area (Å²) in [5.74, 6) is 1.73. The van der Waals surface area contributed by atoms with Gasteiger partial charge in [-0.2, -0.15) is 0 Å². The molecular formula is C19H17NOS2. The highest BCUT2D eigenvalue weighted by Gasteiger charge is 2.06. The average molecular weight is 339 g/mol. The van der Waals surface area contributed by atoms with Crippen LogP contribution in [0.1, 0.15) is 11.4 Å². The van der Waals surface area contributed by atoms with Gasteiger partial charge in [-0.05, 0) is 36.4 Å². The van der Waals surface area contributed by atoms with E-state index in [1.54, 1.807) is 29.6 Å². The summed E-state index contributed by atoms with van der Waals surface area (Å²) in [4.78, 5) is 7.01. The number of rotatable bonds is 6. The van der Waals surface area contributed by atoms with E-state index in [4.69, 9.17) is 0 Å². The smallest absolute Gasteiger partial charge is 0.137 e. The molecule has 0 bridgehead atoms. The molecule has 0 saturated heterocycles. The summed E-state index contributed by atoms with van der Waals surface area (Å²) in [6, 6.07) is 24.1. The Balaban J connectivity index is 1.64. The van der Waals surface area contributed by atoms with E-state index in [2.05, 4.69) is 29.2 Å². The van der Waals surface area contributed by atoms with Gasteiger partial charge in [0, 0.05) is 21.3 Å². The molecule has 0 amide bonds. The first-order chi connectivity index (χ1) is 11.3. The lowest BCUT2D eigenvalue weighted by atomic mass is 10.3. The van der Waals surface area contributed by atoms with Gasteiger partial charge in [-0.15, -0.1) is 23.5 Å². The van der Waals surface area contributed by atoms with Crippen molar-refractivity contribution in [2.75, 3.05) is 0 Å². The number of nitrogens with zero attached hydrogens (tertiary/aromatic N) is 1. The maximum absolute atomic E-state index is 10.0. The SMILES string of the molecule is Oc1ccc(CSc2ccccc2)nc1CSc1ccccc1. The van der Waals surface area contributed by atoms with E-state index in [0.717, 1.165) is 17.1 Å². The van der Waals surface area contributed by atoms with Crippen molar-refractivity contribution in [1.82, 2.24) is 4.98 Å². The molecule has 1 heterocycles. The normalized spacial score (nSPS) is 10.6. The molecule has 0 aliphatic rings. The van der Waals surface area contributed by atoms with Crippen LogP contribution in [0.5, 0.6) is 5.75 Å². The molecule has 4 heteroatoms. The van der Waals surface area contributed by atoms with Gasteiger partial charge in [0.2, 0.25) is 0 Å². The van der Waals surface area contributed by atoms with E-state index in [0.29, 0.717) is 5.75 Å². The highest BCUT2D eigenvalue weighted by molar-refractivity contribution is 7.98. The molecular weight excluding hydrogens is 322 g/mol. The third-order valence-corrected chi connectivity index (χ3v) is 5.33. The van der Waals surface area contributed by atoms with Gasteiger partial charge in [0.1, 0.15) is 5.75 Å². The van der Waals surface area contributed by atoms with Crippen LogP contribution in [0.25, 0.3) is 0 Å². The zero-order valence-corrected chi connectivity index (χ0v) is 14.2. The van der Waals surface area contributed by atoms with E-state index < -0.39 is 0 Å². The molecule has 0 fully saturated rings. The van der Waals surface area contributed by atoms with E-state index in [1.165, 1.54) is 9.79 Å². The average Bonchev–Trinajstić information content (AvgIpc) is 2.62. The predicted molar refractivity (Wildman–Crippen MR) is 97.9 cm³/mol. The molecule has 0 aliphatic heterocycles. The van der Waals surface area contributed by atoms with Crippen LogP contribution in [0.4, 0.5) is 0 Å². The second-order valence-corrected chi connectivity index (χ2v) is 7.07. The van der Waals surface area contributed by atoms with Crippen LogP contribution < -0.4 is 0 Å². The second kappa shape index (κ2) is 8.09. The molecule has 2 nitrogen and oxygen atoms in total. The molecule has 1 aromatic heterocycles. The number of pyridine rings is 1. The maximum Gasteiger partial charge on any atom is 0.137 e. The van der Waals surface area contributed by atoms with Gasteiger partial charge in [-0.3, -0.25) is 4.98 Å². The third kappa shape index (κ3) is 4.78. The van der Waals surface area contributed by atoms with Crippen LogP contribution in [0, 0.1) is 0 Å². The standard InChI is InChI=1S/C19H17NOS2/c21-19-12-11-15(13-22-16-7-3-1-4-8-16)20-18(19)14-23-17-9-5-2-6-10-17/h1-12,21H,13-14H2. The second-order valence-electron chi connectivity index (χ2n) is 4.97. The van der Waals surface area contributed by atoms with Crippen LogP contribution in [0.2, 0.25) is 0 Å². The topological polar surface area (TPSA) is 33.1 Å². The quantitative estimate of drug-likeness (QED) is 0.612. The van der Waals surface area contributed by atoms with Gasteiger partial charge >= 0.3 is 0 Å². The van der Waals surface area contributed by atoms with Crippen molar-refractivity contribution in [2.45, 2.75) is 21.3 Å². The van der Waals surface area contributed by atoms with E-state index in [1.807, 2.05) is 42.5 Å². The fraction of sp³-hybridized carbons (Fsp3) is 0.105. The third-order valence-electron chi connectivity index (χ3n) is 3.26. The molecule has 2 aromatic carbocycles. The van der Waals surface area contributed by atoms with Crippen LogP contribution in [-0.2, 0) is 11.5 Å². The van der Waals surface area contributed by atoms with Crippen molar-refractivity contribution < 1.29 is 5.11 Å². The van der Waals surface area contributed by atoms with Crippen molar-refractivity contribution in [3.8, 4) is 5.75 Å². The van der Waals surface area contributed by atoms with Gasteiger partial charge in [-0.1, -0.05) is 36.4 Å². The molecule has 3 aromatic rings. The summed E-state index contributed by atoms with van der Waals surface area (Å²) in [5.41, 5.74) is 1.73. The van der Waals surface area contributed by atoms with Gasteiger partial charge < -0.3 is 5.11 Å². The lowest BCUT2D eigenvalue weighted by molar-refractivity contribution is 0.466. The predicted octanol–water partition coefficient (Wildman–Crippen LogP) is 5.37. The largest absolute Gasteiger partial charge is 0.506 e. The van der Waals surface area contributed by atoms with Crippen molar-refractivity contribution in [3.05, 3.63) is 84.2 Å². The molecule has 1 N–H and O–H groups in total. The molecule has 116 valence electrons. The zero-order chi connectivity index (χ0) is 15.9. The minimum Gasteiger partial charge on any atom is -0.506 e. The molecule has 0 aliphatic carbocycles. The van der Waals surface area contributed by atoms with Gasteiger partial charge in [0.05, 0.1) is 11.4 Å². The zero-order valence-electron chi connectivity index (χ0n) is 12.6. The molecule has 0 spiro atoms. The molecule has 0 radical (unpaired) electrons. The summed E-state index contributed by atoms with van der Waals surface area (Å²) < 4.78 is 0. The Morgan fingerprint density at radius 2 is 1.26 bits per heavy atom. The Morgan fingerprint density at radius 3 is 1.87 bits per heavy atom. The molecule has 3 rings (SSSR count). The number of benzene rings is 2. The fourth-order valence-corrected chi connectivity index (χ4v) is 3.76. The van der Waals surface area contributed by atoms with E-state index >= 15 is 0 Å². The van der Waals surface area contributed by atoms with Crippen LogP contribution >= 0.6 is 23.5 Å². The van der Waals surface area contributed by atoms with Gasteiger partial charge in [-0.25, -0.2) is 0 Å². The van der Waals surface area contributed by atoms with Crippen molar-refractivity contribution in [1.29, 1.82) is 0 Å². The Hall–Kier alpha value is -1.91. The number of hydrogen-bond acceptors (Lipinski definition) is 4. The number of hydrogen-bond donors (Lipinski definition) is 1. The molecule has 0 unspecified atom stereocenters. The Labute approximate surface area is 145 Å². The molecule has 0 atom stereocenters. The lowest BCUT2D eigenvalue weighted by Crippen LogP contribution is -1.94. The minimum atomic E-state index is 0.266. The Kier molecular flexibility index (Phi) is 5.61. The summed E-state index contributed by atoms with van der Waals surface area (Å²) in [7, 11) is 0. The first-order valence-electron chi connectivity index (χ1n) is 7.35. The first kappa shape index (κ1) is 16.0. The van der Waals surface area contributed by atoms with Gasteiger partial charge in [0.15, 0.2) is 0 Å².